The Morgan fingerprint density at radius 3 is 2.31 bits per heavy atom. The van der Waals surface area contributed by atoms with Gasteiger partial charge in [-0.2, -0.15) is 4.98 Å². The summed E-state index contributed by atoms with van der Waals surface area (Å²) < 4.78 is 31.8. The fourth-order valence-corrected chi connectivity index (χ4v) is 6.00. The van der Waals surface area contributed by atoms with Crippen LogP contribution in [0.5, 0.6) is 5.75 Å². The minimum absolute atomic E-state index is 0.0456. The molecule has 300 valence electrons. The van der Waals surface area contributed by atoms with Gasteiger partial charge in [-0.05, 0) is 66.4 Å². The van der Waals surface area contributed by atoms with Crippen LogP contribution >= 0.6 is 7.82 Å². The van der Waals surface area contributed by atoms with Crippen LogP contribution < -0.4 is 26.7 Å². The maximum Gasteiger partial charge on any atom is 0.604 e. The topological polar surface area (TPSA) is 281 Å². The van der Waals surface area contributed by atoms with E-state index in [4.69, 9.17) is 27.8 Å². The molecule has 2 heterocycles. The molecule has 59 heavy (non-hydrogen) atoms. The lowest BCUT2D eigenvalue weighted by Crippen LogP contribution is -2.41. The van der Waals surface area contributed by atoms with Crippen molar-refractivity contribution in [3.05, 3.63) is 117 Å². The molecular weight excluding hydrogens is 789 g/mol. The Morgan fingerprint density at radius 1 is 0.932 bits per heavy atom. The normalized spacial score (nSPS) is 11.3. The number of fused-ring (bicyclic) bond motifs is 1. The third-order valence-electron chi connectivity index (χ3n) is 8.12. The zero-order chi connectivity index (χ0) is 42.5. The predicted octanol–water partition coefficient (Wildman–Crippen LogP) is 3.42. The van der Waals surface area contributed by atoms with Crippen LogP contribution in [0.3, 0.4) is 0 Å². The third-order valence-corrected chi connectivity index (χ3v) is 9.27. The van der Waals surface area contributed by atoms with Crippen molar-refractivity contribution in [1.29, 1.82) is 0 Å². The molecule has 0 radical (unpaired) electrons. The van der Waals surface area contributed by atoms with Gasteiger partial charge in [0.2, 0.25) is 5.95 Å². The van der Waals surface area contributed by atoms with Gasteiger partial charge in [-0.25, -0.2) is 24.1 Å². The second-order valence-electron chi connectivity index (χ2n) is 12.2. The number of nitrogens with one attached hydrogen (secondary N) is 3. The molecule has 6 N–H and O–H groups in total. The Hall–Kier alpha value is -7.86. The number of hydrogen-bond acceptors (Lipinski definition) is 15. The van der Waals surface area contributed by atoms with Crippen molar-refractivity contribution in [3.8, 4) is 30.8 Å². The van der Waals surface area contributed by atoms with Gasteiger partial charge in [0, 0.05) is 24.1 Å². The lowest BCUT2D eigenvalue weighted by Gasteiger charge is -2.15. The van der Waals surface area contributed by atoms with E-state index in [1.54, 1.807) is 42.5 Å². The second-order valence-corrected chi connectivity index (χ2v) is 13.7. The number of amides is 2. The van der Waals surface area contributed by atoms with E-state index in [1.807, 2.05) is 0 Å². The molecule has 0 spiro atoms. The van der Waals surface area contributed by atoms with E-state index < -0.39 is 49.0 Å². The largest absolute Gasteiger partial charge is 0.604 e. The summed E-state index contributed by atoms with van der Waals surface area (Å²) in [7, 11) is -4.11. The molecule has 1 atom stereocenters. The lowest BCUT2D eigenvalue weighted by molar-refractivity contribution is -0.139. The summed E-state index contributed by atoms with van der Waals surface area (Å²) in [6, 6.07) is 16.6. The molecule has 0 unspecified atom stereocenters. The number of ketones is 1. The Morgan fingerprint density at radius 2 is 1.63 bits per heavy atom. The van der Waals surface area contributed by atoms with Crippen molar-refractivity contribution in [2.24, 2.45) is 0 Å². The minimum Gasteiger partial charge on any atom is -0.480 e. The summed E-state index contributed by atoms with van der Waals surface area (Å²) in [5.41, 5.74) is 5.86. The highest BCUT2D eigenvalue weighted by Gasteiger charge is 2.28. The van der Waals surface area contributed by atoms with Gasteiger partial charge in [0.25, 0.3) is 17.4 Å². The van der Waals surface area contributed by atoms with E-state index in [0.717, 1.165) is 6.20 Å². The van der Waals surface area contributed by atoms with Crippen LogP contribution in [0.2, 0.25) is 0 Å². The summed E-state index contributed by atoms with van der Waals surface area (Å²) in [6.07, 6.45) is 14.0. The summed E-state index contributed by atoms with van der Waals surface area (Å²) in [6.45, 7) is -0.120. The number of esters is 1. The molecule has 0 bridgehead atoms. The van der Waals surface area contributed by atoms with Gasteiger partial charge in [-0.15, -0.1) is 0 Å². The number of anilines is 2. The van der Waals surface area contributed by atoms with Crippen molar-refractivity contribution in [2.45, 2.75) is 31.7 Å². The van der Waals surface area contributed by atoms with Crippen molar-refractivity contribution in [2.75, 3.05) is 17.7 Å². The van der Waals surface area contributed by atoms with Crippen LogP contribution in [-0.4, -0.2) is 67.2 Å². The molecule has 19 nitrogen and oxygen atoms in total. The maximum atomic E-state index is 13.1. The number of nitrogen functional groups attached to an aromatic ring is 1. The first-order valence-electron chi connectivity index (χ1n) is 17.2. The van der Waals surface area contributed by atoms with Crippen molar-refractivity contribution in [1.82, 2.24) is 25.3 Å². The van der Waals surface area contributed by atoms with E-state index in [0.29, 0.717) is 11.1 Å². The van der Waals surface area contributed by atoms with Gasteiger partial charge < -0.3 is 35.3 Å². The van der Waals surface area contributed by atoms with E-state index in [-0.39, 0.29) is 77.7 Å². The number of rotatable bonds is 18. The zero-order valence-electron chi connectivity index (χ0n) is 30.6. The number of phosphoric acid groups is 1. The van der Waals surface area contributed by atoms with Gasteiger partial charge in [-0.1, -0.05) is 43.2 Å². The number of Topliss-reactive ketones (excluding diaryl/α,β-unsaturated/α-hetero) is 1. The minimum atomic E-state index is -4.11. The van der Waals surface area contributed by atoms with Crippen molar-refractivity contribution < 1.29 is 52.0 Å². The Bertz CT molecular complexity index is 2580. The maximum absolute atomic E-state index is 13.1. The first-order valence-corrected chi connectivity index (χ1v) is 18.6. The van der Waals surface area contributed by atoms with E-state index in [1.165, 1.54) is 42.5 Å². The lowest BCUT2D eigenvalue weighted by atomic mass is 9.99. The molecule has 2 aromatic heterocycles. The smallest absolute Gasteiger partial charge is 0.480 e. The van der Waals surface area contributed by atoms with Gasteiger partial charge in [-0.3, -0.25) is 28.7 Å². The summed E-state index contributed by atoms with van der Waals surface area (Å²) in [4.78, 5) is 90.0. The number of benzene rings is 3. The number of aromatic nitrogens is 4. The fourth-order valence-electron chi connectivity index (χ4n) is 5.28. The second kappa shape index (κ2) is 19.3. The van der Waals surface area contributed by atoms with E-state index >= 15 is 0 Å². The predicted molar refractivity (Wildman–Crippen MR) is 209 cm³/mol. The molecule has 0 fully saturated rings. The standard InChI is InChI=1S/C39H32N7O12P/c1-3-55-59(54,56-4-2)57-20-19-23-9-16-28(17-10-23)58-38(53)29-8-6-5-7-25(29)21-27(47)15-18-30(37(51)52)44-34(48)24-11-13-26(14-12-24)42-35(49)31-22-41-33-32(43-31)36(50)46-39(40)45-33/h1-2,5-14,16-17,22,30H,15,18-21H2,(H,42,49)(H,44,48)(H,51,52)(H3,40,41,45,46,50)/t30-/m0/s1. The summed E-state index contributed by atoms with van der Waals surface area (Å²) in [5, 5.41) is 14.7. The van der Waals surface area contributed by atoms with Crippen LogP contribution in [0.1, 0.15) is 55.2 Å². The highest BCUT2D eigenvalue weighted by Crippen LogP contribution is 2.48. The summed E-state index contributed by atoms with van der Waals surface area (Å²) >= 11 is 0. The number of hydrogen-bond donors (Lipinski definition) is 5. The van der Waals surface area contributed by atoms with Crippen LogP contribution in [0.15, 0.2) is 83.8 Å². The Balaban J connectivity index is 1.11. The average molecular weight is 822 g/mol. The van der Waals surface area contributed by atoms with Crippen LogP contribution in [0, 0.1) is 25.1 Å². The van der Waals surface area contributed by atoms with Gasteiger partial charge in [0.1, 0.15) is 35.5 Å². The number of H-pyrrole nitrogens is 1. The molecule has 5 rings (SSSR count). The Kier molecular flexibility index (Phi) is 13.9. The number of ether oxygens (including phenoxy) is 1. The molecule has 0 aliphatic carbocycles. The van der Waals surface area contributed by atoms with E-state index in [2.05, 4.69) is 39.6 Å². The SMILES string of the molecule is C#COP(=O)(OC#C)OCCc1ccc(OC(=O)c2ccccc2CC(=O)CC[C@H](NC(=O)c2ccc(NC(=O)c3cnc4nc(N)[nH]c(=O)c4n3)cc2)C(=O)O)cc1. The number of aromatic amines is 1. The van der Waals surface area contributed by atoms with Crippen molar-refractivity contribution >= 4 is 60.2 Å². The number of nitrogens with zero attached hydrogens (tertiary/aromatic N) is 3. The number of terminal acetylenes is 2. The number of phosphoric ester groups is 1. The highest BCUT2D eigenvalue weighted by molar-refractivity contribution is 7.48. The number of carbonyl (C=O) groups is 5. The Labute approximate surface area is 334 Å². The summed E-state index contributed by atoms with van der Waals surface area (Å²) in [5.74, 6) is -3.95. The average Bonchev–Trinajstić information content (AvgIpc) is 3.20. The molecule has 0 saturated carbocycles. The number of carbonyl (C=O) groups excluding carboxylic acids is 4. The van der Waals surface area contributed by atoms with Gasteiger partial charge >= 0.3 is 19.8 Å². The van der Waals surface area contributed by atoms with Crippen molar-refractivity contribution in [3.63, 3.8) is 0 Å². The van der Waals surface area contributed by atoms with Crippen LogP contribution in [-0.2, 0) is 40.6 Å². The quantitative estimate of drug-likeness (QED) is 0.0366. The molecule has 0 saturated heterocycles. The first kappa shape index (κ1) is 42.3. The first-order chi connectivity index (χ1) is 28.3. The van der Waals surface area contributed by atoms with Gasteiger partial charge in [0.15, 0.2) is 11.2 Å². The third kappa shape index (κ3) is 11.6. The number of aliphatic carboxylic acids is 1. The number of carboxylic acids is 1. The number of nitrogens with two attached hydrogens (primary N) is 1. The molecule has 20 heteroatoms. The molecule has 3 aromatic carbocycles. The van der Waals surface area contributed by atoms with E-state index in [9.17, 15) is 38.4 Å². The fraction of sp³-hybridized carbons (Fsp3) is 0.154. The van der Waals surface area contributed by atoms with Crippen LogP contribution in [0.4, 0.5) is 11.6 Å². The van der Waals surface area contributed by atoms with Crippen LogP contribution in [0.25, 0.3) is 11.2 Å². The highest BCUT2D eigenvalue weighted by atomic mass is 31.2. The molecule has 5 aromatic rings. The van der Waals surface area contributed by atoms with Gasteiger partial charge in [0.05, 0.1) is 18.4 Å². The molecule has 0 aliphatic rings. The molecule has 0 aliphatic heterocycles. The molecule has 2 amide bonds. The monoisotopic (exact) mass is 821 g/mol. The number of carboxylic acid groups (broad SMARTS) is 1. The molecular formula is C39H32N7O12P. The zero-order valence-corrected chi connectivity index (χ0v) is 31.5.